The van der Waals surface area contributed by atoms with Crippen molar-refractivity contribution in [3.8, 4) is 6.07 Å². The average molecular weight is 293 g/mol. The van der Waals surface area contributed by atoms with E-state index < -0.39 is 5.91 Å². The number of halogens is 1. The smallest absolute Gasteiger partial charge is 0.275 e. The van der Waals surface area contributed by atoms with Gasteiger partial charge in [-0.15, -0.1) is 11.3 Å². The van der Waals surface area contributed by atoms with Gasteiger partial charge in [0, 0.05) is 16.9 Å². The highest BCUT2D eigenvalue weighted by Crippen LogP contribution is 2.21. The second-order valence-corrected chi connectivity index (χ2v) is 4.97. The number of nitrogens with one attached hydrogen (secondary N) is 1. The lowest BCUT2D eigenvalue weighted by Gasteiger charge is -2.05. The predicted octanol–water partition coefficient (Wildman–Crippen LogP) is 2.38. The maximum Gasteiger partial charge on any atom is 0.275 e. The van der Waals surface area contributed by atoms with Crippen molar-refractivity contribution in [3.05, 3.63) is 44.9 Å². The normalized spacial score (nSPS) is 9.95. The zero-order valence-electron chi connectivity index (χ0n) is 9.68. The van der Waals surface area contributed by atoms with E-state index in [-0.39, 0.29) is 5.69 Å². The monoisotopic (exact) mass is 292 g/mol. The van der Waals surface area contributed by atoms with Gasteiger partial charge in [-0.2, -0.15) is 5.26 Å². The molecular weight excluding hydrogens is 284 g/mol. The van der Waals surface area contributed by atoms with Gasteiger partial charge in [-0.1, -0.05) is 11.6 Å². The molecule has 0 unspecified atom stereocenters. The molecule has 3 N–H and O–H groups in total. The molecule has 96 valence electrons. The molecule has 0 aliphatic rings. The van der Waals surface area contributed by atoms with Gasteiger partial charge >= 0.3 is 0 Å². The van der Waals surface area contributed by atoms with E-state index in [0.717, 1.165) is 0 Å². The van der Waals surface area contributed by atoms with E-state index in [0.29, 0.717) is 27.8 Å². The molecular formula is C12H9ClN4OS. The highest BCUT2D eigenvalue weighted by Gasteiger charge is 2.12. The molecule has 1 aromatic carbocycles. The maximum atomic E-state index is 12.0. The Balaban J connectivity index is 2.23. The molecule has 19 heavy (non-hydrogen) atoms. The molecule has 1 heterocycles. The number of aromatic nitrogens is 1. The van der Waals surface area contributed by atoms with Crippen LogP contribution in [-0.4, -0.2) is 10.9 Å². The number of amides is 1. The van der Waals surface area contributed by atoms with Crippen LogP contribution in [0.25, 0.3) is 0 Å². The van der Waals surface area contributed by atoms with Crippen molar-refractivity contribution in [1.82, 2.24) is 4.98 Å². The second-order valence-electron chi connectivity index (χ2n) is 3.59. The van der Waals surface area contributed by atoms with E-state index >= 15 is 0 Å². The molecule has 0 saturated heterocycles. The molecule has 2 aromatic rings. The van der Waals surface area contributed by atoms with Gasteiger partial charge in [0.1, 0.15) is 16.8 Å². The van der Waals surface area contributed by atoms with Crippen LogP contribution >= 0.6 is 22.9 Å². The van der Waals surface area contributed by atoms with Crippen LogP contribution in [0.1, 0.15) is 21.1 Å². The molecule has 0 bridgehead atoms. The molecule has 0 radical (unpaired) electrons. The van der Waals surface area contributed by atoms with Crippen molar-refractivity contribution < 1.29 is 4.79 Å². The number of hydrogen-bond acceptors (Lipinski definition) is 5. The number of rotatable bonds is 3. The largest absolute Gasteiger partial charge is 0.325 e. The topological polar surface area (TPSA) is 91.8 Å². The quantitative estimate of drug-likeness (QED) is 0.908. The lowest BCUT2D eigenvalue weighted by molar-refractivity contribution is 0.102. The molecule has 1 aromatic heterocycles. The summed E-state index contributed by atoms with van der Waals surface area (Å²) in [7, 11) is 0. The fourth-order valence-electron chi connectivity index (χ4n) is 1.41. The van der Waals surface area contributed by atoms with Crippen molar-refractivity contribution in [2.75, 3.05) is 5.32 Å². The van der Waals surface area contributed by atoms with Crippen LogP contribution in [0.15, 0.2) is 23.6 Å². The highest BCUT2D eigenvalue weighted by molar-refractivity contribution is 7.09. The predicted molar refractivity (Wildman–Crippen MR) is 74.1 cm³/mol. The zero-order valence-corrected chi connectivity index (χ0v) is 11.3. The van der Waals surface area contributed by atoms with Crippen LogP contribution in [0, 0.1) is 11.3 Å². The van der Waals surface area contributed by atoms with Crippen LogP contribution in [0.5, 0.6) is 0 Å². The fraction of sp³-hybridized carbons (Fsp3) is 0.0833. The Morgan fingerprint density at radius 1 is 1.58 bits per heavy atom. The molecule has 1 amide bonds. The molecule has 0 spiro atoms. The third-order valence-corrected chi connectivity index (χ3v) is 3.42. The summed E-state index contributed by atoms with van der Waals surface area (Å²) in [6.45, 7) is 0.290. The number of benzene rings is 1. The number of carbonyl (C=O) groups excluding carboxylic acids is 1. The summed E-state index contributed by atoms with van der Waals surface area (Å²) in [6, 6.07) is 6.64. The Bertz CT molecular complexity index is 662. The van der Waals surface area contributed by atoms with Gasteiger partial charge in [-0.3, -0.25) is 4.79 Å². The van der Waals surface area contributed by atoms with E-state index in [9.17, 15) is 4.79 Å². The molecule has 7 heteroatoms. The van der Waals surface area contributed by atoms with Crippen molar-refractivity contribution >= 4 is 34.5 Å². The van der Waals surface area contributed by atoms with Crippen molar-refractivity contribution in [1.29, 1.82) is 5.26 Å². The third-order valence-electron chi connectivity index (χ3n) is 2.31. The van der Waals surface area contributed by atoms with E-state index in [4.69, 9.17) is 22.6 Å². The Morgan fingerprint density at radius 3 is 3.00 bits per heavy atom. The lowest BCUT2D eigenvalue weighted by Crippen LogP contribution is -2.13. The summed E-state index contributed by atoms with van der Waals surface area (Å²) in [4.78, 5) is 16.0. The Kier molecular flexibility index (Phi) is 4.12. The molecule has 0 aliphatic heterocycles. The number of nitrogens with two attached hydrogens (primary N) is 1. The van der Waals surface area contributed by atoms with Crippen LogP contribution in [0.4, 0.5) is 5.69 Å². The summed E-state index contributed by atoms with van der Waals surface area (Å²) >= 11 is 7.15. The highest BCUT2D eigenvalue weighted by atomic mass is 35.5. The summed E-state index contributed by atoms with van der Waals surface area (Å²) in [5.41, 5.74) is 6.41. The van der Waals surface area contributed by atoms with Crippen LogP contribution in [0.2, 0.25) is 5.02 Å². The first-order valence-corrected chi connectivity index (χ1v) is 6.55. The van der Waals surface area contributed by atoms with Crippen molar-refractivity contribution in [3.63, 3.8) is 0 Å². The second kappa shape index (κ2) is 5.80. The molecule has 2 rings (SSSR count). The Labute approximate surface area is 118 Å². The summed E-state index contributed by atoms with van der Waals surface area (Å²) in [5, 5.41) is 14.3. The number of thiazole rings is 1. The van der Waals surface area contributed by atoms with Gasteiger partial charge in [0.15, 0.2) is 0 Å². The molecule has 0 saturated carbocycles. The van der Waals surface area contributed by atoms with Gasteiger partial charge in [-0.25, -0.2) is 4.98 Å². The van der Waals surface area contributed by atoms with Gasteiger partial charge < -0.3 is 11.1 Å². The maximum absolute atomic E-state index is 12.0. The van der Waals surface area contributed by atoms with E-state index in [1.54, 1.807) is 17.5 Å². The summed E-state index contributed by atoms with van der Waals surface area (Å²) in [6.07, 6.45) is 0. The van der Waals surface area contributed by atoms with Gasteiger partial charge in [-0.05, 0) is 18.2 Å². The van der Waals surface area contributed by atoms with Crippen LogP contribution in [-0.2, 0) is 6.54 Å². The first kappa shape index (κ1) is 13.5. The number of anilines is 1. The Hall–Kier alpha value is -1.94. The SMILES string of the molecule is N#Cc1ccc(Cl)cc1NC(=O)c1csc(CN)n1. The van der Waals surface area contributed by atoms with Crippen molar-refractivity contribution in [2.45, 2.75) is 6.54 Å². The number of carbonyl (C=O) groups is 1. The first-order valence-electron chi connectivity index (χ1n) is 5.29. The summed E-state index contributed by atoms with van der Waals surface area (Å²) < 4.78 is 0. The number of hydrogen-bond donors (Lipinski definition) is 2. The van der Waals surface area contributed by atoms with E-state index in [1.165, 1.54) is 17.4 Å². The first-order chi connectivity index (χ1) is 9.13. The third kappa shape index (κ3) is 3.09. The molecule has 5 nitrogen and oxygen atoms in total. The standard InChI is InChI=1S/C12H9ClN4OS/c13-8-2-1-7(4-14)9(3-8)17-12(18)10-6-19-11(5-15)16-10/h1-3,6H,5,15H2,(H,17,18). The van der Waals surface area contributed by atoms with Gasteiger partial charge in [0.2, 0.25) is 0 Å². The molecule has 0 fully saturated rings. The van der Waals surface area contributed by atoms with Gasteiger partial charge in [0.05, 0.1) is 11.3 Å². The molecule has 0 atom stereocenters. The fourth-order valence-corrected chi connectivity index (χ4v) is 2.24. The van der Waals surface area contributed by atoms with E-state index in [2.05, 4.69) is 10.3 Å². The summed E-state index contributed by atoms with van der Waals surface area (Å²) in [5.74, 6) is -0.394. The average Bonchev–Trinajstić information content (AvgIpc) is 2.88. The minimum absolute atomic E-state index is 0.273. The number of nitriles is 1. The van der Waals surface area contributed by atoms with Crippen LogP contribution < -0.4 is 11.1 Å². The van der Waals surface area contributed by atoms with Crippen molar-refractivity contribution in [2.24, 2.45) is 5.73 Å². The lowest BCUT2D eigenvalue weighted by atomic mass is 10.2. The molecule has 0 aliphatic carbocycles. The van der Waals surface area contributed by atoms with E-state index in [1.807, 2.05) is 6.07 Å². The minimum atomic E-state index is -0.394. The van der Waals surface area contributed by atoms with Crippen LogP contribution in [0.3, 0.4) is 0 Å². The Morgan fingerprint density at radius 2 is 2.37 bits per heavy atom. The zero-order chi connectivity index (χ0) is 13.8. The minimum Gasteiger partial charge on any atom is -0.325 e. The number of nitrogens with zero attached hydrogens (tertiary/aromatic N) is 2. The van der Waals surface area contributed by atoms with Gasteiger partial charge in [0.25, 0.3) is 5.91 Å².